The number of amides is 1. The number of nitrogens with one attached hydrogen (secondary N) is 1. The van der Waals surface area contributed by atoms with Gasteiger partial charge < -0.3 is 5.32 Å². The average molecular weight is 364 g/mol. The lowest BCUT2D eigenvalue weighted by atomic mass is 10.0. The third kappa shape index (κ3) is 4.23. The highest BCUT2D eigenvalue weighted by Crippen LogP contribution is 2.31. The first-order chi connectivity index (χ1) is 13.1. The van der Waals surface area contributed by atoms with Crippen LogP contribution in [0, 0.1) is 25.7 Å². The van der Waals surface area contributed by atoms with E-state index in [0.717, 1.165) is 44.0 Å². The average Bonchev–Trinajstić information content (AvgIpc) is 3.17. The zero-order valence-electron chi connectivity index (χ0n) is 16.3. The number of benzene rings is 2. The Labute approximate surface area is 162 Å². The SMILES string of the molecule is Cc1cccc(NC(=O)CN2CC3CN(Cc4ccccc4)CC3C2)c1C. The van der Waals surface area contributed by atoms with Gasteiger partial charge in [-0.15, -0.1) is 0 Å². The van der Waals surface area contributed by atoms with E-state index in [9.17, 15) is 4.79 Å². The highest BCUT2D eigenvalue weighted by molar-refractivity contribution is 5.93. The van der Waals surface area contributed by atoms with E-state index in [1.165, 1.54) is 11.1 Å². The molecule has 2 aromatic carbocycles. The molecule has 4 nitrogen and oxygen atoms in total. The van der Waals surface area contributed by atoms with Crippen LogP contribution < -0.4 is 5.32 Å². The molecule has 2 heterocycles. The van der Waals surface area contributed by atoms with E-state index in [2.05, 4.69) is 65.4 Å². The molecule has 2 unspecified atom stereocenters. The van der Waals surface area contributed by atoms with Gasteiger partial charge in [0.1, 0.15) is 0 Å². The van der Waals surface area contributed by atoms with Crippen LogP contribution in [0.4, 0.5) is 5.69 Å². The van der Waals surface area contributed by atoms with E-state index >= 15 is 0 Å². The van der Waals surface area contributed by atoms with Gasteiger partial charge in [-0.1, -0.05) is 42.5 Å². The van der Waals surface area contributed by atoms with Crippen molar-refractivity contribution in [1.29, 1.82) is 0 Å². The van der Waals surface area contributed by atoms with Gasteiger partial charge in [0.25, 0.3) is 0 Å². The van der Waals surface area contributed by atoms with Gasteiger partial charge in [0.2, 0.25) is 5.91 Å². The molecule has 0 radical (unpaired) electrons. The molecule has 2 aliphatic rings. The molecule has 142 valence electrons. The summed E-state index contributed by atoms with van der Waals surface area (Å²) in [5.74, 6) is 1.49. The molecule has 1 N–H and O–H groups in total. The number of carbonyl (C=O) groups excluding carboxylic acids is 1. The van der Waals surface area contributed by atoms with Gasteiger partial charge in [-0.25, -0.2) is 0 Å². The second-order valence-electron chi connectivity index (χ2n) is 8.19. The Kier molecular flexibility index (Phi) is 5.28. The molecule has 2 saturated heterocycles. The summed E-state index contributed by atoms with van der Waals surface area (Å²) in [7, 11) is 0. The number of hydrogen-bond acceptors (Lipinski definition) is 3. The third-order valence-corrected chi connectivity index (χ3v) is 6.13. The Hall–Kier alpha value is -2.17. The molecular formula is C23H29N3O. The fourth-order valence-corrected chi connectivity index (χ4v) is 4.57. The van der Waals surface area contributed by atoms with Crippen molar-refractivity contribution >= 4 is 11.6 Å². The molecule has 0 spiro atoms. The molecule has 0 saturated carbocycles. The van der Waals surface area contributed by atoms with Crippen LogP contribution >= 0.6 is 0 Å². The molecule has 0 aromatic heterocycles. The second-order valence-corrected chi connectivity index (χ2v) is 8.19. The van der Waals surface area contributed by atoms with Gasteiger partial charge in [-0.3, -0.25) is 14.6 Å². The maximum Gasteiger partial charge on any atom is 0.238 e. The third-order valence-electron chi connectivity index (χ3n) is 6.13. The van der Waals surface area contributed by atoms with Crippen LogP contribution in [0.15, 0.2) is 48.5 Å². The van der Waals surface area contributed by atoms with E-state index in [1.807, 2.05) is 12.1 Å². The van der Waals surface area contributed by atoms with Crippen LogP contribution in [0.5, 0.6) is 0 Å². The zero-order chi connectivity index (χ0) is 18.8. The van der Waals surface area contributed by atoms with Crippen molar-refractivity contribution in [2.24, 2.45) is 11.8 Å². The van der Waals surface area contributed by atoms with Crippen LogP contribution in [0.25, 0.3) is 0 Å². The number of rotatable bonds is 5. The van der Waals surface area contributed by atoms with Gasteiger partial charge in [0, 0.05) is 38.4 Å². The van der Waals surface area contributed by atoms with Crippen LogP contribution in [0.1, 0.15) is 16.7 Å². The lowest BCUT2D eigenvalue weighted by Crippen LogP contribution is -2.34. The first kappa shape index (κ1) is 18.2. The summed E-state index contributed by atoms with van der Waals surface area (Å²) in [6, 6.07) is 16.8. The normalized spacial score (nSPS) is 22.7. The standard InChI is InChI=1S/C23H29N3O/c1-17-7-6-10-22(18(17)2)24-23(27)16-26-14-20-12-25(13-21(20)15-26)11-19-8-4-3-5-9-19/h3-10,20-21H,11-16H2,1-2H3,(H,24,27). The number of fused-ring (bicyclic) bond motifs is 1. The summed E-state index contributed by atoms with van der Waals surface area (Å²) in [6.07, 6.45) is 0. The molecule has 2 atom stereocenters. The molecule has 27 heavy (non-hydrogen) atoms. The first-order valence-corrected chi connectivity index (χ1v) is 9.93. The van der Waals surface area contributed by atoms with Crippen LogP contribution in [0.2, 0.25) is 0 Å². The van der Waals surface area contributed by atoms with Crippen LogP contribution in [-0.4, -0.2) is 48.4 Å². The minimum atomic E-state index is 0.102. The predicted molar refractivity (Wildman–Crippen MR) is 110 cm³/mol. The minimum Gasteiger partial charge on any atom is -0.325 e. The summed E-state index contributed by atoms with van der Waals surface area (Å²) >= 11 is 0. The van der Waals surface area contributed by atoms with Crippen molar-refractivity contribution in [3.8, 4) is 0 Å². The summed E-state index contributed by atoms with van der Waals surface area (Å²) in [5.41, 5.74) is 4.69. The summed E-state index contributed by atoms with van der Waals surface area (Å²) in [4.78, 5) is 17.4. The van der Waals surface area contributed by atoms with Crippen molar-refractivity contribution in [3.05, 3.63) is 65.2 Å². The Morgan fingerprint density at radius 2 is 1.59 bits per heavy atom. The molecule has 2 fully saturated rings. The fraction of sp³-hybridized carbons (Fsp3) is 0.435. The van der Waals surface area contributed by atoms with E-state index < -0.39 is 0 Å². The van der Waals surface area contributed by atoms with Gasteiger partial charge in [0.15, 0.2) is 0 Å². The second kappa shape index (κ2) is 7.83. The molecule has 2 aliphatic heterocycles. The summed E-state index contributed by atoms with van der Waals surface area (Å²) in [5, 5.41) is 3.09. The largest absolute Gasteiger partial charge is 0.325 e. The minimum absolute atomic E-state index is 0.102. The maximum atomic E-state index is 12.5. The summed E-state index contributed by atoms with van der Waals surface area (Å²) < 4.78 is 0. The Bertz CT molecular complexity index is 791. The van der Waals surface area contributed by atoms with Gasteiger partial charge in [0.05, 0.1) is 6.54 Å². The van der Waals surface area contributed by atoms with E-state index in [4.69, 9.17) is 0 Å². The molecular weight excluding hydrogens is 334 g/mol. The molecule has 1 amide bonds. The fourth-order valence-electron chi connectivity index (χ4n) is 4.57. The lowest BCUT2D eigenvalue weighted by Gasteiger charge is -2.21. The van der Waals surface area contributed by atoms with Gasteiger partial charge >= 0.3 is 0 Å². The number of likely N-dealkylation sites (tertiary alicyclic amines) is 2. The van der Waals surface area contributed by atoms with Crippen molar-refractivity contribution in [3.63, 3.8) is 0 Å². The predicted octanol–water partition coefficient (Wildman–Crippen LogP) is 3.31. The van der Waals surface area contributed by atoms with Crippen molar-refractivity contribution in [1.82, 2.24) is 9.80 Å². The molecule has 4 rings (SSSR count). The highest BCUT2D eigenvalue weighted by atomic mass is 16.2. The van der Waals surface area contributed by atoms with Crippen molar-refractivity contribution in [2.75, 3.05) is 38.0 Å². The number of anilines is 1. The molecule has 2 aromatic rings. The zero-order valence-corrected chi connectivity index (χ0v) is 16.3. The highest BCUT2D eigenvalue weighted by Gasteiger charge is 2.40. The quantitative estimate of drug-likeness (QED) is 0.885. The Morgan fingerprint density at radius 1 is 0.926 bits per heavy atom. The molecule has 0 bridgehead atoms. The lowest BCUT2D eigenvalue weighted by molar-refractivity contribution is -0.117. The first-order valence-electron chi connectivity index (χ1n) is 9.93. The monoisotopic (exact) mass is 363 g/mol. The number of nitrogens with zero attached hydrogens (tertiary/aromatic N) is 2. The van der Waals surface area contributed by atoms with Gasteiger partial charge in [-0.2, -0.15) is 0 Å². The van der Waals surface area contributed by atoms with Gasteiger partial charge in [-0.05, 0) is 48.4 Å². The number of aryl methyl sites for hydroxylation is 1. The molecule has 0 aliphatic carbocycles. The Morgan fingerprint density at radius 3 is 2.30 bits per heavy atom. The van der Waals surface area contributed by atoms with Crippen molar-refractivity contribution in [2.45, 2.75) is 20.4 Å². The maximum absolute atomic E-state index is 12.5. The van der Waals surface area contributed by atoms with Crippen LogP contribution in [-0.2, 0) is 11.3 Å². The summed E-state index contributed by atoms with van der Waals surface area (Å²) in [6.45, 7) is 10.1. The smallest absolute Gasteiger partial charge is 0.238 e. The van der Waals surface area contributed by atoms with Crippen LogP contribution in [0.3, 0.4) is 0 Å². The number of hydrogen-bond donors (Lipinski definition) is 1. The molecule has 4 heteroatoms. The van der Waals surface area contributed by atoms with E-state index in [1.54, 1.807) is 0 Å². The van der Waals surface area contributed by atoms with Crippen molar-refractivity contribution < 1.29 is 4.79 Å². The number of carbonyl (C=O) groups is 1. The van der Waals surface area contributed by atoms with E-state index in [-0.39, 0.29) is 5.91 Å². The topological polar surface area (TPSA) is 35.6 Å². The Balaban J connectivity index is 1.26. The van der Waals surface area contributed by atoms with E-state index in [0.29, 0.717) is 18.4 Å².